The molecule has 0 aliphatic rings. The van der Waals surface area contributed by atoms with Gasteiger partial charge in [0.15, 0.2) is 0 Å². The first-order chi connectivity index (χ1) is 4.84. The molecule has 0 fully saturated rings. The molecule has 2 nitrogen and oxygen atoms in total. The summed E-state index contributed by atoms with van der Waals surface area (Å²) in [6.07, 6.45) is 0. The van der Waals surface area contributed by atoms with Crippen LogP contribution < -0.4 is 0 Å². The van der Waals surface area contributed by atoms with Crippen molar-refractivity contribution >= 4 is 5.97 Å². The van der Waals surface area contributed by atoms with Crippen molar-refractivity contribution in [2.45, 2.75) is 0 Å². The van der Waals surface area contributed by atoms with E-state index in [-0.39, 0.29) is 5.97 Å². The Labute approximate surface area is 59.4 Å². The molecule has 0 saturated heterocycles. The second kappa shape index (κ2) is 3.01. The van der Waals surface area contributed by atoms with Gasteiger partial charge >= 0.3 is 5.97 Å². The van der Waals surface area contributed by atoms with Crippen LogP contribution in [-0.2, 0) is 4.74 Å². The van der Waals surface area contributed by atoms with Gasteiger partial charge in [0.1, 0.15) is 0 Å². The molecule has 1 rings (SSSR count). The Morgan fingerprint density at radius 1 is 1.60 bits per heavy atom. The van der Waals surface area contributed by atoms with Crippen LogP contribution in [0.3, 0.4) is 0 Å². The van der Waals surface area contributed by atoms with E-state index in [0.717, 1.165) is 0 Å². The maximum absolute atomic E-state index is 10.8. The van der Waals surface area contributed by atoms with Crippen molar-refractivity contribution in [1.82, 2.24) is 0 Å². The monoisotopic (exact) mass is 135 g/mol. The van der Waals surface area contributed by atoms with Gasteiger partial charge in [-0.25, -0.2) is 4.79 Å². The molecule has 0 amide bonds. The van der Waals surface area contributed by atoms with E-state index in [9.17, 15) is 4.79 Å². The van der Waals surface area contributed by atoms with E-state index in [0.29, 0.717) is 5.56 Å². The predicted molar refractivity (Wildman–Crippen MR) is 36.6 cm³/mol. The fourth-order valence-corrected chi connectivity index (χ4v) is 0.630. The van der Waals surface area contributed by atoms with Crippen LogP contribution in [0.15, 0.2) is 24.3 Å². The molecule has 0 N–H and O–H groups in total. The van der Waals surface area contributed by atoms with Crippen molar-refractivity contribution in [1.29, 1.82) is 0 Å². The third-order valence-corrected chi connectivity index (χ3v) is 1.11. The average molecular weight is 135 g/mol. The zero-order chi connectivity index (χ0) is 7.40. The van der Waals surface area contributed by atoms with Gasteiger partial charge in [0.25, 0.3) is 0 Å². The topological polar surface area (TPSA) is 26.3 Å². The maximum atomic E-state index is 10.8. The third-order valence-electron chi connectivity index (χ3n) is 1.11. The Hall–Kier alpha value is -1.31. The molecule has 0 atom stereocenters. The van der Waals surface area contributed by atoms with Crippen molar-refractivity contribution in [3.8, 4) is 0 Å². The summed E-state index contributed by atoms with van der Waals surface area (Å²) in [6.45, 7) is 0. The number of carbonyl (C=O) groups excluding carboxylic acids is 1. The molecule has 0 heterocycles. The number of hydrogen-bond donors (Lipinski definition) is 0. The molecule has 0 aromatic heterocycles. The number of methoxy groups -OCH3 is 1. The Morgan fingerprint density at radius 2 is 2.40 bits per heavy atom. The van der Waals surface area contributed by atoms with Crippen LogP contribution in [0, 0.1) is 6.07 Å². The van der Waals surface area contributed by atoms with Gasteiger partial charge in [-0.2, -0.15) is 0 Å². The normalized spacial score (nSPS) is 8.90. The lowest BCUT2D eigenvalue weighted by Crippen LogP contribution is -1.99. The van der Waals surface area contributed by atoms with Crippen LogP contribution in [0.25, 0.3) is 0 Å². The minimum atomic E-state index is -0.347. The number of benzene rings is 1. The second-order valence-corrected chi connectivity index (χ2v) is 1.77. The molecule has 10 heavy (non-hydrogen) atoms. The fourth-order valence-electron chi connectivity index (χ4n) is 0.630. The number of ether oxygens (including phenoxy) is 1. The van der Waals surface area contributed by atoms with Crippen LogP contribution in [0.1, 0.15) is 10.4 Å². The van der Waals surface area contributed by atoms with Gasteiger partial charge in [0.05, 0.1) is 12.7 Å². The lowest BCUT2D eigenvalue weighted by Gasteiger charge is -1.94. The van der Waals surface area contributed by atoms with Gasteiger partial charge in [-0.1, -0.05) is 18.2 Å². The summed E-state index contributed by atoms with van der Waals surface area (Å²) in [6, 6.07) is 9.64. The summed E-state index contributed by atoms with van der Waals surface area (Å²) in [7, 11) is 1.35. The Bertz CT molecular complexity index is 216. The predicted octanol–water partition coefficient (Wildman–Crippen LogP) is 1.27. The molecule has 2 heteroatoms. The highest BCUT2D eigenvalue weighted by Crippen LogP contribution is 1.97. The van der Waals surface area contributed by atoms with Crippen molar-refractivity contribution in [2.75, 3.05) is 7.11 Å². The molecule has 0 spiro atoms. The van der Waals surface area contributed by atoms with Crippen molar-refractivity contribution in [3.63, 3.8) is 0 Å². The highest BCUT2D eigenvalue weighted by Gasteiger charge is 2.01. The molecule has 0 aliphatic carbocycles. The van der Waals surface area contributed by atoms with Crippen LogP contribution in [0.2, 0.25) is 0 Å². The molecular weight excluding hydrogens is 128 g/mol. The van der Waals surface area contributed by atoms with Gasteiger partial charge < -0.3 is 4.74 Å². The van der Waals surface area contributed by atoms with Crippen LogP contribution in [-0.4, -0.2) is 13.1 Å². The number of rotatable bonds is 1. The zero-order valence-electron chi connectivity index (χ0n) is 5.63. The second-order valence-electron chi connectivity index (χ2n) is 1.77. The van der Waals surface area contributed by atoms with Gasteiger partial charge in [-0.15, -0.1) is 0 Å². The molecule has 1 aromatic carbocycles. The molecule has 1 aromatic rings. The minimum Gasteiger partial charge on any atom is -0.465 e. The molecular formula is C8H7O2. The van der Waals surface area contributed by atoms with Crippen LogP contribution in [0.4, 0.5) is 0 Å². The first kappa shape index (κ1) is 6.81. The maximum Gasteiger partial charge on any atom is 0.338 e. The van der Waals surface area contributed by atoms with Crippen molar-refractivity contribution < 1.29 is 9.53 Å². The summed E-state index contributed by atoms with van der Waals surface area (Å²) >= 11 is 0. The van der Waals surface area contributed by atoms with E-state index in [1.54, 1.807) is 24.3 Å². The van der Waals surface area contributed by atoms with Crippen molar-refractivity contribution in [3.05, 3.63) is 35.9 Å². The standard InChI is InChI=1S/C8H7O2/c1-10-8(9)7-5-3-2-4-6-7/h2-5H,1H3. The largest absolute Gasteiger partial charge is 0.465 e. The fraction of sp³-hybridized carbons (Fsp3) is 0.125. The van der Waals surface area contributed by atoms with E-state index in [1.807, 2.05) is 0 Å². The summed E-state index contributed by atoms with van der Waals surface area (Å²) in [5, 5.41) is 0. The van der Waals surface area contributed by atoms with Crippen LogP contribution in [0.5, 0.6) is 0 Å². The number of hydrogen-bond acceptors (Lipinski definition) is 2. The minimum absolute atomic E-state index is 0.347. The Morgan fingerprint density at radius 3 is 2.90 bits per heavy atom. The van der Waals surface area contributed by atoms with Crippen LogP contribution >= 0.6 is 0 Å². The van der Waals surface area contributed by atoms with Gasteiger partial charge in [-0.05, 0) is 12.1 Å². The molecule has 0 aliphatic heterocycles. The lowest BCUT2D eigenvalue weighted by molar-refractivity contribution is 0.0600. The summed E-state index contributed by atoms with van der Waals surface area (Å²) in [5.41, 5.74) is 0.463. The van der Waals surface area contributed by atoms with Crippen molar-refractivity contribution in [2.24, 2.45) is 0 Å². The Balaban J connectivity index is 2.85. The smallest absolute Gasteiger partial charge is 0.338 e. The highest BCUT2D eigenvalue weighted by molar-refractivity contribution is 5.88. The first-order valence-corrected chi connectivity index (χ1v) is 2.89. The van der Waals surface area contributed by atoms with Gasteiger partial charge in [0.2, 0.25) is 0 Å². The lowest BCUT2D eigenvalue weighted by atomic mass is 10.2. The first-order valence-electron chi connectivity index (χ1n) is 2.89. The van der Waals surface area contributed by atoms with E-state index in [4.69, 9.17) is 0 Å². The molecule has 0 unspecified atom stereocenters. The highest BCUT2D eigenvalue weighted by atomic mass is 16.5. The van der Waals surface area contributed by atoms with E-state index in [2.05, 4.69) is 10.8 Å². The molecule has 1 radical (unpaired) electrons. The Kier molecular flexibility index (Phi) is 2.05. The van der Waals surface area contributed by atoms with E-state index < -0.39 is 0 Å². The molecule has 51 valence electrons. The van der Waals surface area contributed by atoms with E-state index in [1.165, 1.54) is 7.11 Å². The molecule has 0 saturated carbocycles. The molecule has 0 bridgehead atoms. The summed E-state index contributed by atoms with van der Waals surface area (Å²) < 4.78 is 4.47. The SMILES string of the molecule is COC(=O)c1[c]cccc1. The van der Waals surface area contributed by atoms with Gasteiger partial charge in [-0.3, -0.25) is 0 Å². The van der Waals surface area contributed by atoms with Gasteiger partial charge in [0, 0.05) is 0 Å². The van der Waals surface area contributed by atoms with E-state index >= 15 is 0 Å². The number of esters is 1. The quantitative estimate of drug-likeness (QED) is 0.542. The third kappa shape index (κ3) is 1.35. The number of carbonyl (C=O) groups is 1. The summed E-state index contributed by atoms with van der Waals surface area (Å²) in [4.78, 5) is 10.8. The zero-order valence-corrected chi connectivity index (χ0v) is 5.63. The average Bonchev–Trinajstić information content (AvgIpc) is 2.05. The summed E-state index contributed by atoms with van der Waals surface area (Å²) in [5.74, 6) is -0.347.